The van der Waals surface area contributed by atoms with Crippen molar-refractivity contribution in [1.82, 2.24) is 0 Å². The molecule has 0 bridgehead atoms. The lowest BCUT2D eigenvalue weighted by atomic mass is 9.97. The minimum Gasteiger partial charge on any atom is -0.308 e. The molecule has 0 amide bonds. The molecule has 1 aromatic rings. The molecule has 1 nitrogen and oxygen atoms in total. The summed E-state index contributed by atoms with van der Waals surface area (Å²) < 4.78 is 0. The van der Waals surface area contributed by atoms with E-state index in [2.05, 4.69) is 13.2 Å². The van der Waals surface area contributed by atoms with Crippen molar-refractivity contribution in [2.24, 2.45) is 0 Å². The summed E-state index contributed by atoms with van der Waals surface area (Å²) in [5, 5.41) is 7.22. The summed E-state index contributed by atoms with van der Waals surface area (Å²) in [6.45, 7) is 9.68. The van der Waals surface area contributed by atoms with E-state index in [0.717, 1.165) is 22.3 Å². The fourth-order valence-corrected chi connectivity index (χ4v) is 1.13. The second-order valence-corrected chi connectivity index (χ2v) is 2.99. The van der Waals surface area contributed by atoms with E-state index in [1.165, 1.54) is 6.21 Å². The maximum absolute atomic E-state index is 7.22. The molecule has 1 N–H and O–H groups in total. The molecule has 0 aliphatic heterocycles. The number of hydrogen-bond acceptors (Lipinski definition) is 1. The molecule has 13 heavy (non-hydrogen) atoms. The summed E-state index contributed by atoms with van der Waals surface area (Å²) in [6.07, 6.45) is 1.34. The molecular weight excluding hydrogens is 158 g/mol. The molecule has 0 fully saturated rings. The van der Waals surface area contributed by atoms with E-state index in [0.29, 0.717) is 0 Å². The van der Waals surface area contributed by atoms with Gasteiger partial charge in [0.05, 0.1) is 0 Å². The van der Waals surface area contributed by atoms with Crippen molar-refractivity contribution >= 4 is 11.8 Å². The Morgan fingerprint density at radius 2 is 1.92 bits per heavy atom. The standard InChI is InChI=1S/C12H13N/c1-9(2)10(3)12-7-5-4-6-11(12)8-13/h4-8,13H,1,3H2,2H3. The van der Waals surface area contributed by atoms with Crippen LogP contribution in [0.25, 0.3) is 5.57 Å². The van der Waals surface area contributed by atoms with Crippen LogP contribution in [-0.4, -0.2) is 6.21 Å². The molecule has 1 rings (SSSR count). The van der Waals surface area contributed by atoms with Crippen molar-refractivity contribution in [2.75, 3.05) is 0 Å². The Labute approximate surface area is 78.9 Å². The maximum atomic E-state index is 7.22. The molecule has 0 spiro atoms. The SMILES string of the molecule is C=C(C)C(=C)c1ccccc1C=N. The normalized spacial score (nSPS) is 9.31. The first kappa shape index (κ1) is 9.46. The molecule has 0 unspecified atom stereocenters. The van der Waals surface area contributed by atoms with Gasteiger partial charge in [-0.05, 0) is 23.6 Å². The lowest BCUT2D eigenvalue weighted by molar-refractivity contribution is 1.48. The molecule has 0 aliphatic carbocycles. The predicted molar refractivity (Wildman–Crippen MR) is 58.2 cm³/mol. The molecular formula is C12H13N. The third-order valence-corrected chi connectivity index (χ3v) is 1.96. The average molecular weight is 171 g/mol. The van der Waals surface area contributed by atoms with Crippen LogP contribution in [0.5, 0.6) is 0 Å². The third kappa shape index (κ3) is 1.94. The number of benzene rings is 1. The topological polar surface area (TPSA) is 23.9 Å². The van der Waals surface area contributed by atoms with Crippen LogP contribution < -0.4 is 0 Å². The van der Waals surface area contributed by atoms with Crippen molar-refractivity contribution in [1.29, 1.82) is 5.41 Å². The van der Waals surface area contributed by atoms with Crippen LogP contribution in [0.15, 0.2) is 43.0 Å². The van der Waals surface area contributed by atoms with E-state index >= 15 is 0 Å². The zero-order valence-electron chi connectivity index (χ0n) is 7.80. The fraction of sp³-hybridized carbons (Fsp3) is 0.0833. The average Bonchev–Trinajstić information content (AvgIpc) is 2.16. The van der Waals surface area contributed by atoms with Crippen LogP contribution in [0.3, 0.4) is 0 Å². The predicted octanol–water partition coefficient (Wildman–Crippen LogP) is 3.27. The quantitative estimate of drug-likeness (QED) is 0.533. The van der Waals surface area contributed by atoms with Gasteiger partial charge in [-0.1, -0.05) is 43.0 Å². The summed E-state index contributed by atoms with van der Waals surface area (Å²) in [4.78, 5) is 0. The van der Waals surface area contributed by atoms with Crippen LogP contribution in [0.2, 0.25) is 0 Å². The second kappa shape index (κ2) is 3.85. The summed E-state index contributed by atoms with van der Waals surface area (Å²) in [6, 6.07) is 7.71. The maximum Gasteiger partial charge on any atom is 0.0256 e. The Morgan fingerprint density at radius 3 is 2.46 bits per heavy atom. The third-order valence-electron chi connectivity index (χ3n) is 1.96. The highest BCUT2D eigenvalue weighted by atomic mass is 14.3. The largest absolute Gasteiger partial charge is 0.308 e. The van der Waals surface area contributed by atoms with Crippen molar-refractivity contribution in [3.63, 3.8) is 0 Å². The molecule has 66 valence electrons. The summed E-state index contributed by atoms with van der Waals surface area (Å²) in [5.74, 6) is 0. The Kier molecular flexibility index (Phi) is 2.80. The zero-order chi connectivity index (χ0) is 9.84. The van der Waals surface area contributed by atoms with Crippen molar-refractivity contribution < 1.29 is 0 Å². The van der Waals surface area contributed by atoms with Crippen LogP contribution in [-0.2, 0) is 0 Å². The van der Waals surface area contributed by atoms with Gasteiger partial charge in [-0.2, -0.15) is 0 Å². The van der Waals surface area contributed by atoms with Crippen molar-refractivity contribution in [3.05, 3.63) is 54.1 Å². The summed E-state index contributed by atoms with van der Waals surface area (Å²) in [7, 11) is 0. The first-order valence-corrected chi connectivity index (χ1v) is 4.11. The van der Waals surface area contributed by atoms with Crippen LogP contribution >= 0.6 is 0 Å². The molecule has 0 radical (unpaired) electrons. The number of rotatable bonds is 3. The Morgan fingerprint density at radius 1 is 1.31 bits per heavy atom. The van der Waals surface area contributed by atoms with E-state index in [1.807, 2.05) is 31.2 Å². The molecule has 0 atom stereocenters. The van der Waals surface area contributed by atoms with Crippen LogP contribution in [0.4, 0.5) is 0 Å². The highest BCUT2D eigenvalue weighted by Gasteiger charge is 2.02. The van der Waals surface area contributed by atoms with Gasteiger partial charge in [-0.3, -0.25) is 0 Å². The van der Waals surface area contributed by atoms with E-state index in [9.17, 15) is 0 Å². The van der Waals surface area contributed by atoms with Gasteiger partial charge in [0.2, 0.25) is 0 Å². The molecule has 0 saturated carbocycles. The van der Waals surface area contributed by atoms with Gasteiger partial charge in [0.15, 0.2) is 0 Å². The van der Waals surface area contributed by atoms with Gasteiger partial charge in [0, 0.05) is 6.21 Å². The summed E-state index contributed by atoms with van der Waals surface area (Å²) in [5.41, 5.74) is 3.72. The Balaban J connectivity index is 3.20. The molecule has 0 aromatic heterocycles. The number of hydrogen-bond donors (Lipinski definition) is 1. The van der Waals surface area contributed by atoms with E-state index in [-0.39, 0.29) is 0 Å². The van der Waals surface area contributed by atoms with Gasteiger partial charge in [-0.15, -0.1) is 0 Å². The van der Waals surface area contributed by atoms with Crippen LogP contribution in [0, 0.1) is 5.41 Å². The number of allylic oxidation sites excluding steroid dienone is 2. The minimum atomic E-state index is 0.885. The van der Waals surface area contributed by atoms with Crippen molar-refractivity contribution in [3.8, 4) is 0 Å². The number of nitrogens with one attached hydrogen (secondary N) is 1. The summed E-state index contributed by atoms with van der Waals surface area (Å²) >= 11 is 0. The highest BCUT2D eigenvalue weighted by molar-refractivity contribution is 5.89. The molecule has 0 aliphatic rings. The van der Waals surface area contributed by atoms with Gasteiger partial charge in [0.1, 0.15) is 0 Å². The fourth-order valence-electron chi connectivity index (χ4n) is 1.13. The molecule has 1 aromatic carbocycles. The van der Waals surface area contributed by atoms with Gasteiger partial charge < -0.3 is 5.41 Å². The second-order valence-electron chi connectivity index (χ2n) is 2.99. The molecule has 1 heteroatoms. The van der Waals surface area contributed by atoms with Crippen molar-refractivity contribution in [2.45, 2.75) is 6.92 Å². The lowest BCUT2D eigenvalue weighted by Crippen LogP contribution is -1.91. The van der Waals surface area contributed by atoms with E-state index in [4.69, 9.17) is 5.41 Å². The minimum absolute atomic E-state index is 0.885. The van der Waals surface area contributed by atoms with Gasteiger partial charge >= 0.3 is 0 Å². The zero-order valence-corrected chi connectivity index (χ0v) is 7.80. The first-order valence-electron chi connectivity index (χ1n) is 4.11. The van der Waals surface area contributed by atoms with Gasteiger partial charge in [0.25, 0.3) is 0 Å². The van der Waals surface area contributed by atoms with E-state index < -0.39 is 0 Å². The lowest BCUT2D eigenvalue weighted by Gasteiger charge is -2.07. The molecule has 0 saturated heterocycles. The van der Waals surface area contributed by atoms with Gasteiger partial charge in [-0.25, -0.2) is 0 Å². The highest BCUT2D eigenvalue weighted by Crippen LogP contribution is 2.21. The monoisotopic (exact) mass is 171 g/mol. The van der Waals surface area contributed by atoms with Crippen LogP contribution in [0.1, 0.15) is 18.1 Å². The smallest absolute Gasteiger partial charge is 0.0256 e. The molecule has 0 heterocycles. The first-order chi connectivity index (χ1) is 6.16. The Bertz CT molecular complexity index is 361. The van der Waals surface area contributed by atoms with E-state index in [1.54, 1.807) is 0 Å². The Hall–Kier alpha value is -1.63.